The SMILES string of the molecule is Cl.O=C(CCCOc1ccc(F)cc1)N1CCC2CCC(C1)N2. The van der Waals surface area contributed by atoms with Crippen LogP contribution in [0.5, 0.6) is 5.75 Å². The molecule has 1 aromatic rings. The number of rotatable bonds is 5. The number of hydrogen-bond donors (Lipinski definition) is 1. The second-order valence-corrected chi connectivity index (χ2v) is 6.17. The van der Waals surface area contributed by atoms with Crippen molar-refractivity contribution >= 4 is 18.3 Å². The van der Waals surface area contributed by atoms with Gasteiger partial charge in [0.05, 0.1) is 6.61 Å². The van der Waals surface area contributed by atoms with E-state index in [-0.39, 0.29) is 24.1 Å². The van der Waals surface area contributed by atoms with Crippen LogP contribution in [0.3, 0.4) is 0 Å². The first-order chi connectivity index (χ1) is 10.7. The molecule has 0 saturated carbocycles. The maximum atomic E-state index is 12.8. The predicted molar refractivity (Wildman–Crippen MR) is 89.5 cm³/mol. The highest BCUT2D eigenvalue weighted by molar-refractivity contribution is 5.85. The van der Waals surface area contributed by atoms with E-state index >= 15 is 0 Å². The van der Waals surface area contributed by atoms with Crippen molar-refractivity contribution in [1.82, 2.24) is 10.2 Å². The monoisotopic (exact) mass is 342 g/mol. The third-order valence-electron chi connectivity index (χ3n) is 4.49. The molecule has 2 heterocycles. The molecule has 2 bridgehead atoms. The van der Waals surface area contributed by atoms with Crippen LogP contribution in [0.2, 0.25) is 0 Å². The molecule has 2 fully saturated rings. The van der Waals surface area contributed by atoms with Crippen LogP contribution in [-0.2, 0) is 4.79 Å². The van der Waals surface area contributed by atoms with E-state index in [0.717, 1.165) is 19.5 Å². The highest BCUT2D eigenvalue weighted by Crippen LogP contribution is 2.21. The first-order valence-electron chi connectivity index (χ1n) is 8.13. The topological polar surface area (TPSA) is 41.6 Å². The summed E-state index contributed by atoms with van der Waals surface area (Å²) >= 11 is 0. The van der Waals surface area contributed by atoms with Gasteiger partial charge in [0.25, 0.3) is 0 Å². The molecule has 23 heavy (non-hydrogen) atoms. The Morgan fingerprint density at radius 1 is 1.22 bits per heavy atom. The summed E-state index contributed by atoms with van der Waals surface area (Å²) < 4.78 is 18.3. The highest BCUT2D eigenvalue weighted by atomic mass is 35.5. The van der Waals surface area contributed by atoms with Gasteiger partial charge in [0.15, 0.2) is 0 Å². The van der Waals surface area contributed by atoms with Crippen LogP contribution in [-0.4, -0.2) is 42.6 Å². The van der Waals surface area contributed by atoms with Crippen LogP contribution >= 0.6 is 12.4 Å². The Hall–Kier alpha value is -1.33. The van der Waals surface area contributed by atoms with Gasteiger partial charge in [-0.05, 0) is 49.9 Å². The van der Waals surface area contributed by atoms with E-state index in [9.17, 15) is 9.18 Å². The molecule has 2 unspecified atom stereocenters. The number of fused-ring (bicyclic) bond motifs is 2. The van der Waals surface area contributed by atoms with E-state index in [0.29, 0.717) is 37.3 Å². The molecule has 4 nitrogen and oxygen atoms in total. The van der Waals surface area contributed by atoms with Gasteiger partial charge < -0.3 is 15.0 Å². The van der Waals surface area contributed by atoms with Crippen LogP contribution < -0.4 is 10.1 Å². The van der Waals surface area contributed by atoms with E-state index in [2.05, 4.69) is 5.32 Å². The van der Waals surface area contributed by atoms with Gasteiger partial charge in [-0.3, -0.25) is 4.79 Å². The minimum absolute atomic E-state index is 0. The van der Waals surface area contributed by atoms with Gasteiger partial charge in [0, 0.05) is 31.6 Å². The first kappa shape index (κ1) is 18.0. The lowest BCUT2D eigenvalue weighted by atomic mass is 10.1. The maximum absolute atomic E-state index is 12.8. The molecule has 6 heteroatoms. The Balaban J connectivity index is 0.00000192. The van der Waals surface area contributed by atoms with E-state index in [1.54, 1.807) is 12.1 Å². The van der Waals surface area contributed by atoms with Crippen molar-refractivity contribution in [2.45, 2.75) is 44.2 Å². The number of hydrogen-bond acceptors (Lipinski definition) is 3. The van der Waals surface area contributed by atoms with Gasteiger partial charge in [0.1, 0.15) is 11.6 Å². The second-order valence-electron chi connectivity index (χ2n) is 6.17. The molecular formula is C17H24ClFN2O2. The fourth-order valence-corrected chi connectivity index (χ4v) is 3.27. The minimum atomic E-state index is -0.272. The molecule has 2 aliphatic rings. The molecular weight excluding hydrogens is 319 g/mol. The average molecular weight is 343 g/mol. The van der Waals surface area contributed by atoms with E-state index < -0.39 is 0 Å². The number of benzene rings is 1. The van der Waals surface area contributed by atoms with E-state index in [4.69, 9.17) is 4.74 Å². The number of likely N-dealkylation sites (tertiary alicyclic amines) is 1. The normalized spacial score (nSPS) is 23.1. The number of amides is 1. The molecule has 1 amide bonds. The molecule has 128 valence electrons. The van der Waals surface area contributed by atoms with Gasteiger partial charge in [0.2, 0.25) is 5.91 Å². The largest absolute Gasteiger partial charge is 0.494 e. The molecule has 2 saturated heterocycles. The van der Waals surface area contributed by atoms with Crippen molar-refractivity contribution in [3.05, 3.63) is 30.1 Å². The summed E-state index contributed by atoms with van der Waals surface area (Å²) in [6.07, 6.45) is 4.70. The Kier molecular flexibility index (Phi) is 6.66. The summed E-state index contributed by atoms with van der Waals surface area (Å²) in [4.78, 5) is 14.3. The van der Waals surface area contributed by atoms with Crippen molar-refractivity contribution in [3.8, 4) is 5.75 Å². The summed E-state index contributed by atoms with van der Waals surface area (Å²) in [5.41, 5.74) is 0. The van der Waals surface area contributed by atoms with Gasteiger partial charge >= 0.3 is 0 Å². The number of carbonyl (C=O) groups is 1. The quantitative estimate of drug-likeness (QED) is 0.837. The standard InChI is InChI=1S/C17H23FN2O2.ClH/c18-13-3-7-16(8-4-13)22-11-1-2-17(21)20-10-9-14-5-6-15(12-20)19-14;/h3-4,7-8,14-15,19H,1-2,5-6,9-12H2;1H. The second kappa shape index (κ2) is 8.50. The minimum Gasteiger partial charge on any atom is -0.494 e. The lowest BCUT2D eigenvalue weighted by molar-refractivity contribution is -0.131. The van der Waals surface area contributed by atoms with Crippen LogP contribution in [0.15, 0.2) is 24.3 Å². The van der Waals surface area contributed by atoms with Gasteiger partial charge in [-0.2, -0.15) is 0 Å². The van der Waals surface area contributed by atoms with Crippen molar-refractivity contribution in [3.63, 3.8) is 0 Å². The molecule has 1 aromatic carbocycles. The summed E-state index contributed by atoms with van der Waals surface area (Å²) in [5.74, 6) is 0.591. The van der Waals surface area contributed by atoms with Crippen molar-refractivity contribution in [2.75, 3.05) is 19.7 Å². The van der Waals surface area contributed by atoms with Crippen LogP contribution in [0, 0.1) is 5.82 Å². The predicted octanol–water partition coefficient (Wildman–Crippen LogP) is 2.76. The zero-order valence-corrected chi connectivity index (χ0v) is 14.0. The Morgan fingerprint density at radius 3 is 2.74 bits per heavy atom. The van der Waals surface area contributed by atoms with Gasteiger partial charge in [-0.25, -0.2) is 4.39 Å². The maximum Gasteiger partial charge on any atom is 0.222 e. The third-order valence-corrected chi connectivity index (χ3v) is 4.49. The molecule has 3 rings (SSSR count). The highest BCUT2D eigenvalue weighted by Gasteiger charge is 2.30. The van der Waals surface area contributed by atoms with E-state index in [1.165, 1.54) is 25.0 Å². The van der Waals surface area contributed by atoms with Crippen molar-refractivity contribution < 1.29 is 13.9 Å². The summed E-state index contributed by atoms with van der Waals surface area (Å²) in [5, 5.41) is 3.58. The number of halogens is 2. The lowest BCUT2D eigenvalue weighted by Gasteiger charge is -2.24. The van der Waals surface area contributed by atoms with Crippen molar-refractivity contribution in [1.29, 1.82) is 0 Å². The van der Waals surface area contributed by atoms with Gasteiger partial charge in [-0.1, -0.05) is 0 Å². The zero-order valence-electron chi connectivity index (χ0n) is 13.2. The van der Waals surface area contributed by atoms with Crippen molar-refractivity contribution in [2.24, 2.45) is 0 Å². The summed E-state index contributed by atoms with van der Waals surface area (Å²) in [6, 6.07) is 7.04. The molecule has 0 spiro atoms. The summed E-state index contributed by atoms with van der Waals surface area (Å²) in [6.45, 7) is 2.19. The molecule has 0 aromatic heterocycles. The Labute approximate surface area is 142 Å². The number of nitrogens with zero attached hydrogens (tertiary/aromatic N) is 1. The van der Waals surface area contributed by atoms with Crippen LogP contribution in [0.1, 0.15) is 32.1 Å². The zero-order chi connectivity index (χ0) is 15.4. The Morgan fingerprint density at radius 2 is 1.96 bits per heavy atom. The smallest absolute Gasteiger partial charge is 0.222 e. The third kappa shape index (κ3) is 5.08. The number of ether oxygens (including phenoxy) is 1. The van der Waals surface area contributed by atoms with Crippen LogP contribution in [0.25, 0.3) is 0 Å². The van der Waals surface area contributed by atoms with Crippen LogP contribution in [0.4, 0.5) is 4.39 Å². The summed E-state index contributed by atoms with van der Waals surface area (Å²) in [7, 11) is 0. The molecule has 0 aliphatic carbocycles. The van der Waals surface area contributed by atoms with E-state index in [1.807, 2.05) is 4.90 Å². The number of nitrogens with one attached hydrogen (secondary N) is 1. The lowest BCUT2D eigenvalue weighted by Crippen LogP contribution is -2.39. The molecule has 1 N–H and O–H groups in total. The molecule has 0 radical (unpaired) electrons. The van der Waals surface area contributed by atoms with Gasteiger partial charge in [-0.15, -0.1) is 12.4 Å². The number of carbonyl (C=O) groups excluding carboxylic acids is 1. The fourth-order valence-electron chi connectivity index (χ4n) is 3.27. The molecule has 2 aliphatic heterocycles. The average Bonchev–Trinajstić information content (AvgIpc) is 2.84. The Bertz CT molecular complexity index is 512. The first-order valence-corrected chi connectivity index (χ1v) is 8.13. The fraction of sp³-hybridized carbons (Fsp3) is 0.588. The molecule has 2 atom stereocenters.